The lowest BCUT2D eigenvalue weighted by Crippen LogP contribution is -2.43. The van der Waals surface area contributed by atoms with E-state index in [2.05, 4.69) is 5.32 Å². The minimum atomic E-state index is -0.942. The predicted molar refractivity (Wildman–Crippen MR) is 92.1 cm³/mol. The molecule has 1 saturated heterocycles. The van der Waals surface area contributed by atoms with Gasteiger partial charge in [-0.1, -0.05) is 0 Å². The van der Waals surface area contributed by atoms with E-state index in [1.165, 1.54) is 0 Å². The Bertz CT molecular complexity index is 502. The highest BCUT2D eigenvalue weighted by atomic mass is 16.6. The number of hydrogen-bond acceptors (Lipinski definition) is 4. The van der Waals surface area contributed by atoms with Crippen LogP contribution in [0.5, 0.6) is 0 Å². The van der Waals surface area contributed by atoms with Crippen molar-refractivity contribution in [2.24, 2.45) is 11.8 Å². The first-order valence-electron chi connectivity index (χ1n) is 9.14. The molecule has 1 atom stereocenters. The second-order valence-corrected chi connectivity index (χ2v) is 8.22. The highest BCUT2D eigenvalue weighted by Crippen LogP contribution is 2.33. The Hall–Kier alpha value is -1.79. The van der Waals surface area contributed by atoms with Crippen molar-refractivity contribution in [2.75, 3.05) is 13.1 Å². The van der Waals surface area contributed by atoms with Gasteiger partial charge in [-0.3, -0.25) is 9.59 Å². The molecule has 7 heteroatoms. The normalized spacial score (nSPS) is 20.0. The van der Waals surface area contributed by atoms with E-state index in [0.29, 0.717) is 12.3 Å². The Morgan fingerprint density at radius 2 is 1.76 bits per heavy atom. The van der Waals surface area contributed by atoms with Crippen molar-refractivity contribution in [3.63, 3.8) is 0 Å². The topological polar surface area (TPSA) is 95.9 Å². The maximum absolute atomic E-state index is 12.1. The number of carboxylic acid groups (broad SMARTS) is 1. The summed E-state index contributed by atoms with van der Waals surface area (Å²) in [5.41, 5.74) is -0.619. The first kappa shape index (κ1) is 19.5. The van der Waals surface area contributed by atoms with Gasteiger partial charge in [0.2, 0.25) is 5.91 Å². The standard InChI is InChI=1S/C18H30N2O5/c1-18(2,3)25-17(24)19-14(11-15(21)22)10-12-6-8-20(9-7-12)16(23)13-4-5-13/h12-14H,4-11H2,1-3H3,(H,19,24)(H,21,22)/t14-/m1/s1. The second-order valence-electron chi connectivity index (χ2n) is 8.22. The molecular formula is C18H30N2O5. The van der Waals surface area contributed by atoms with Crippen LogP contribution in [-0.4, -0.2) is 52.7 Å². The zero-order chi connectivity index (χ0) is 18.6. The number of nitrogens with zero attached hydrogens (tertiary/aromatic N) is 1. The number of carbonyl (C=O) groups is 3. The van der Waals surface area contributed by atoms with Crippen LogP contribution in [0.15, 0.2) is 0 Å². The fourth-order valence-electron chi connectivity index (χ4n) is 3.26. The van der Waals surface area contributed by atoms with E-state index in [9.17, 15) is 14.4 Å². The molecule has 1 saturated carbocycles. The smallest absolute Gasteiger partial charge is 0.407 e. The molecule has 0 aromatic rings. The molecular weight excluding hydrogens is 324 g/mol. The highest BCUT2D eigenvalue weighted by molar-refractivity contribution is 5.81. The quantitative estimate of drug-likeness (QED) is 0.763. The van der Waals surface area contributed by atoms with Crippen LogP contribution in [0.2, 0.25) is 0 Å². The number of nitrogens with one attached hydrogen (secondary N) is 1. The summed E-state index contributed by atoms with van der Waals surface area (Å²) in [4.78, 5) is 37.1. The third-order valence-corrected chi connectivity index (χ3v) is 4.61. The summed E-state index contributed by atoms with van der Waals surface area (Å²) in [6.45, 7) is 6.76. The predicted octanol–water partition coefficient (Wildman–Crippen LogP) is 2.39. The van der Waals surface area contributed by atoms with Crippen molar-refractivity contribution in [1.29, 1.82) is 0 Å². The van der Waals surface area contributed by atoms with Gasteiger partial charge in [-0.15, -0.1) is 0 Å². The SMILES string of the molecule is CC(C)(C)OC(=O)N[C@@H](CC(=O)O)CC1CCN(C(=O)C2CC2)CC1. The summed E-state index contributed by atoms with van der Waals surface area (Å²) in [6, 6.07) is -0.456. The van der Waals surface area contributed by atoms with E-state index in [1.54, 1.807) is 20.8 Å². The number of alkyl carbamates (subject to hydrolysis) is 1. The maximum atomic E-state index is 12.1. The van der Waals surface area contributed by atoms with Crippen LogP contribution in [0, 0.1) is 11.8 Å². The minimum absolute atomic E-state index is 0.125. The molecule has 1 aliphatic heterocycles. The van der Waals surface area contributed by atoms with Crippen LogP contribution >= 0.6 is 0 Å². The van der Waals surface area contributed by atoms with Crippen LogP contribution in [0.25, 0.3) is 0 Å². The van der Waals surface area contributed by atoms with Crippen molar-refractivity contribution >= 4 is 18.0 Å². The summed E-state index contributed by atoms with van der Waals surface area (Å²) in [5.74, 6) is -0.123. The maximum Gasteiger partial charge on any atom is 0.407 e. The lowest BCUT2D eigenvalue weighted by molar-refractivity contribution is -0.137. The molecule has 0 aromatic carbocycles. The van der Waals surface area contributed by atoms with Crippen LogP contribution < -0.4 is 5.32 Å². The lowest BCUT2D eigenvalue weighted by atomic mass is 9.89. The van der Waals surface area contributed by atoms with E-state index in [-0.39, 0.29) is 18.2 Å². The Kier molecular flexibility index (Phi) is 6.30. The molecule has 2 fully saturated rings. The molecule has 0 spiro atoms. The number of aliphatic carboxylic acids is 1. The fraction of sp³-hybridized carbons (Fsp3) is 0.833. The molecule has 0 radical (unpaired) electrons. The monoisotopic (exact) mass is 354 g/mol. The number of carboxylic acids is 1. The van der Waals surface area contributed by atoms with Gasteiger partial charge in [-0.05, 0) is 58.8 Å². The summed E-state index contributed by atoms with van der Waals surface area (Å²) in [7, 11) is 0. The average molecular weight is 354 g/mol. The van der Waals surface area contributed by atoms with E-state index in [4.69, 9.17) is 9.84 Å². The van der Waals surface area contributed by atoms with Gasteiger partial charge < -0.3 is 20.1 Å². The number of amides is 2. The van der Waals surface area contributed by atoms with Crippen LogP contribution in [0.1, 0.15) is 59.3 Å². The Balaban J connectivity index is 1.81. The average Bonchev–Trinajstić information content (AvgIpc) is 3.29. The number of piperidine rings is 1. The molecule has 25 heavy (non-hydrogen) atoms. The molecule has 2 aliphatic rings. The van der Waals surface area contributed by atoms with E-state index in [0.717, 1.165) is 38.8 Å². The van der Waals surface area contributed by atoms with Gasteiger partial charge in [0, 0.05) is 25.0 Å². The van der Waals surface area contributed by atoms with E-state index in [1.807, 2.05) is 4.90 Å². The third-order valence-electron chi connectivity index (χ3n) is 4.61. The van der Waals surface area contributed by atoms with Gasteiger partial charge in [0.15, 0.2) is 0 Å². The summed E-state index contributed by atoms with van der Waals surface area (Å²) < 4.78 is 5.22. The first-order valence-corrected chi connectivity index (χ1v) is 9.14. The molecule has 1 heterocycles. The molecule has 142 valence electrons. The number of ether oxygens (including phenoxy) is 1. The van der Waals surface area contributed by atoms with Crippen LogP contribution in [0.4, 0.5) is 4.79 Å². The molecule has 0 unspecified atom stereocenters. The molecule has 7 nitrogen and oxygen atoms in total. The Morgan fingerprint density at radius 3 is 2.24 bits per heavy atom. The fourth-order valence-corrected chi connectivity index (χ4v) is 3.26. The number of rotatable bonds is 6. The lowest BCUT2D eigenvalue weighted by Gasteiger charge is -2.34. The minimum Gasteiger partial charge on any atom is -0.481 e. The van der Waals surface area contributed by atoms with Gasteiger partial charge >= 0.3 is 12.1 Å². The van der Waals surface area contributed by atoms with Gasteiger partial charge in [0.25, 0.3) is 0 Å². The summed E-state index contributed by atoms with van der Waals surface area (Å²) in [5, 5.41) is 11.8. The van der Waals surface area contributed by atoms with Crippen molar-refractivity contribution in [2.45, 2.75) is 70.9 Å². The van der Waals surface area contributed by atoms with Crippen LogP contribution in [0.3, 0.4) is 0 Å². The third kappa shape index (κ3) is 6.92. The second kappa shape index (κ2) is 8.06. The largest absolute Gasteiger partial charge is 0.481 e. The van der Waals surface area contributed by atoms with E-state index < -0.39 is 23.7 Å². The van der Waals surface area contributed by atoms with Crippen molar-refractivity contribution in [3.8, 4) is 0 Å². The van der Waals surface area contributed by atoms with Gasteiger partial charge in [0.1, 0.15) is 5.60 Å². The van der Waals surface area contributed by atoms with Crippen molar-refractivity contribution < 1.29 is 24.2 Å². The zero-order valence-electron chi connectivity index (χ0n) is 15.4. The van der Waals surface area contributed by atoms with Crippen molar-refractivity contribution in [3.05, 3.63) is 0 Å². The zero-order valence-corrected chi connectivity index (χ0v) is 15.4. The molecule has 2 amide bonds. The van der Waals surface area contributed by atoms with Crippen LogP contribution in [-0.2, 0) is 14.3 Å². The number of likely N-dealkylation sites (tertiary alicyclic amines) is 1. The Labute approximate surface area is 149 Å². The van der Waals surface area contributed by atoms with Gasteiger partial charge in [-0.2, -0.15) is 0 Å². The highest BCUT2D eigenvalue weighted by Gasteiger charge is 2.35. The summed E-state index contributed by atoms with van der Waals surface area (Å²) in [6.07, 6.45) is 3.62. The van der Waals surface area contributed by atoms with Crippen molar-refractivity contribution in [1.82, 2.24) is 10.2 Å². The van der Waals surface area contributed by atoms with Gasteiger partial charge in [-0.25, -0.2) is 4.79 Å². The number of hydrogen-bond donors (Lipinski definition) is 2. The molecule has 2 N–H and O–H groups in total. The first-order chi connectivity index (χ1) is 11.6. The summed E-state index contributed by atoms with van der Waals surface area (Å²) >= 11 is 0. The number of carbonyl (C=O) groups excluding carboxylic acids is 2. The molecule has 0 bridgehead atoms. The Morgan fingerprint density at radius 1 is 1.16 bits per heavy atom. The van der Waals surface area contributed by atoms with E-state index >= 15 is 0 Å². The molecule has 0 aromatic heterocycles. The molecule has 1 aliphatic carbocycles. The van der Waals surface area contributed by atoms with Gasteiger partial charge in [0.05, 0.1) is 6.42 Å². The molecule has 2 rings (SSSR count).